The van der Waals surface area contributed by atoms with Crippen LogP contribution >= 0.6 is 11.8 Å². The van der Waals surface area contributed by atoms with Crippen molar-refractivity contribution in [2.45, 2.75) is 42.8 Å². The summed E-state index contributed by atoms with van der Waals surface area (Å²) in [6, 6.07) is 14.9. The van der Waals surface area contributed by atoms with Crippen LogP contribution in [0.15, 0.2) is 59.6 Å². The molecule has 1 unspecified atom stereocenters. The van der Waals surface area contributed by atoms with Crippen LogP contribution in [-0.2, 0) is 21.9 Å². The lowest BCUT2D eigenvalue weighted by Gasteiger charge is -2.22. The molecule has 2 N–H and O–H groups in total. The van der Waals surface area contributed by atoms with Crippen molar-refractivity contribution in [2.24, 2.45) is 0 Å². The third-order valence-corrected chi connectivity index (χ3v) is 5.87. The Morgan fingerprint density at radius 3 is 2.90 bits per heavy atom. The fraction of sp³-hybridized carbons (Fsp3) is 0.318. The molecule has 3 aromatic rings. The molecular formula is C22H24N4O4S. The minimum atomic E-state index is -0.393. The molecule has 0 aliphatic carbocycles. The standard InChI is InChI=1S/C22H24N4O4S/c27-14-16-7-9-20(10-8-16)31-15-18-13-26(25-23-18)19-5-3-4-17(12-19)22(28)24-30-21-6-1-2-11-29-21/h3-5,7-10,12-13,21,27H,1-2,6,11,14-15H2,(H,24,28). The summed E-state index contributed by atoms with van der Waals surface area (Å²) in [6.07, 6.45) is 4.27. The molecule has 1 atom stereocenters. The molecule has 2 heterocycles. The van der Waals surface area contributed by atoms with Gasteiger partial charge in [0.1, 0.15) is 0 Å². The molecule has 1 aliphatic heterocycles. The quantitative estimate of drug-likeness (QED) is 0.410. The fourth-order valence-electron chi connectivity index (χ4n) is 3.11. The number of carbonyl (C=O) groups excluding carboxylic acids is 1. The van der Waals surface area contributed by atoms with Crippen molar-refractivity contribution in [1.29, 1.82) is 0 Å². The first-order valence-corrected chi connectivity index (χ1v) is 11.1. The highest BCUT2D eigenvalue weighted by atomic mass is 32.2. The summed E-state index contributed by atoms with van der Waals surface area (Å²) in [5, 5.41) is 17.5. The molecule has 1 fully saturated rings. The highest BCUT2D eigenvalue weighted by Gasteiger charge is 2.16. The predicted molar refractivity (Wildman–Crippen MR) is 115 cm³/mol. The number of nitrogens with zero attached hydrogens (tertiary/aromatic N) is 3. The van der Waals surface area contributed by atoms with Crippen LogP contribution in [0.3, 0.4) is 0 Å². The third-order valence-electron chi connectivity index (χ3n) is 4.83. The number of hydroxylamine groups is 1. The van der Waals surface area contributed by atoms with Crippen molar-refractivity contribution in [3.63, 3.8) is 0 Å². The van der Waals surface area contributed by atoms with Crippen molar-refractivity contribution < 1.29 is 19.5 Å². The molecule has 4 rings (SSSR count). The van der Waals surface area contributed by atoms with E-state index in [1.54, 1.807) is 34.6 Å². The van der Waals surface area contributed by atoms with Crippen LogP contribution in [0.1, 0.15) is 40.9 Å². The third kappa shape index (κ3) is 5.92. The minimum Gasteiger partial charge on any atom is -0.392 e. The van der Waals surface area contributed by atoms with Gasteiger partial charge in [0.15, 0.2) is 6.29 Å². The van der Waals surface area contributed by atoms with Crippen LogP contribution in [0.2, 0.25) is 0 Å². The van der Waals surface area contributed by atoms with Crippen molar-refractivity contribution in [3.8, 4) is 5.69 Å². The Balaban J connectivity index is 1.35. The number of carbonyl (C=O) groups is 1. The number of amides is 1. The molecule has 0 saturated carbocycles. The first-order chi connectivity index (χ1) is 15.2. The number of aliphatic hydroxyl groups excluding tert-OH is 1. The summed E-state index contributed by atoms with van der Waals surface area (Å²) in [5.74, 6) is 0.326. The van der Waals surface area contributed by atoms with E-state index < -0.39 is 6.29 Å². The number of benzene rings is 2. The smallest absolute Gasteiger partial charge is 0.275 e. The monoisotopic (exact) mass is 440 g/mol. The lowest BCUT2D eigenvalue weighted by Crippen LogP contribution is -2.33. The highest BCUT2D eigenvalue weighted by molar-refractivity contribution is 7.98. The van der Waals surface area contributed by atoms with Crippen LogP contribution in [0.4, 0.5) is 0 Å². The molecule has 1 saturated heterocycles. The first kappa shape index (κ1) is 21.5. The summed E-state index contributed by atoms with van der Waals surface area (Å²) in [4.78, 5) is 18.9. The molecule has 8 nitrogen and oxygen atoms in total. The van der Waals surface area contributed by atoms with Crippen LogP contribution in [0, 0.1) is 0 Å². The van der Waals surface area contributed by atoms with Crippen molar-refractivity contribution in [1.82, 2.24) is 20.5 Å². The number of aliphatic hydroxyl groups is 1. The Bertz CT molecular complexity index is 1000. The number of hydrogen-bond donors (Lipinski definition) is 2. The minimum absolute atomic E-state index is 0.0385. The average molecular weight is 441 g/mol. The fourth-order valence-corrected chi connectivity index (χ4v) is 3.89. The number of thioether (sulfide) groups is 1. The molecule has 1 aliphatic rings. The second-order valence-electron chi connectivity index (χ2n) is 7.14. The molecule has 9 heteroatoms. The van der Waals surface area contributed by atoms with Gasteiger partial charge in [-0.1, -0.05) is 23.4 Å². The van der Waals surface area contributed by atoms with E-state index in [1.165, 1.54) is 0 Å². The van der Waals surface area contributed by atoms with E-state index >= 15 is 0 Å². The van der Waals surface area contributed by atoms with Crippen LogP contribution in [0.5, 0.6) is 0 Å². The van der Waals surface area contributed by atoms with E-state index in [4.69, 9.17) is 14.7 Å². The van der Waals surface area contributed by atoms with Gasteiger partial charge in [0.2, 0.25) is 0 Å². The Labute approximate surface area is 184 Å². The van der Waals surface area contributed by atoms with Crippen LogP contribution in [0.25, 0.3) is 5.69 Å². The van der Waals surface area contributed by atoms with Crippen molar-refractivity contribution in [3.05, 3.63) is 71.5 Å². The van der Waals surface area contributed by atoms with Gasteiger partial charge in [-0.3, -0.25) is 4.79 Å². The van der Waals surface area contributed by atoms with Gasteiger partial charge >= 0.3 is 0 Å². The molecular weight excluding hydrogens is 416 g/mol. The van der Waals surface area contributed by atoms with Gasteiger partial charge in [0.05, 0.1) is 24.2 Å². The SMILES string of the molecule is O=C(NOC1CCCCO1)c1cccc(-n2cc(CSc3ccc(CO)cc3)nn2)c1. The van der Waals surface area contributed by atoms with Gasteiger partial charge < -0.3 is 9.84 Å². The van der Waals surface area contributed by atoms with E-state index in [2.05, 4.69) is 15.8 Å². The van der Waals surface area contributed by atoms with Gasteiger partial charge in [0, 0.05) is 29.2 Å². The zero-order valence-corrected chi connectivity index (χ0v) is 17.8. The van der Waals surface area contributed by atoms with Crippen molar-refractivity contribution in [2.75, 3.05) is 6.61 Å². The van der Waals surface area contributed by atoms with Gasteiger partial charge in [-0.15, -0.1) is 16.9 Å². The molecule has 2 aromatic carbocycles. The topological polar surface area (TPSA) is 98.5 Å². The Hall–Kier alpha value is -2.72. The number of rotatable bonds is 8. The number of hydrogen-bond acceptors (Lipinski definition) is 7. The van der Waals surface area contributed by atoms with Gasteiger partial charge in [-0.25, -0.2) is 15.0 Å². The van der Waals surface area contributed by atoms with Crippen LogP contribution in [-0.4, -0.2) is 38.9 Å². The number of aromatic nitrogens is 3. The number of nitrogens with one attached hydrogen (secondary N) is 1. The number of ether oxygens (including phenoxy) is 1. The predicted octanol–water partition coefficient (Wildman–Crippen LogP) is 3.24. The molecule has 1 amide bonds. The van der Waals surface area contributed by atoms with E-state index in [0.29, 0.717) is 17.9 Å². The Kier molecular flexibility index (Phi) is 7.31. The summed E-state index contributed by atoms with van der Waals surface area (Å²) in [5.41, 5.74) is 5.37. The molecule has 162 valence electrons. The van der Waals surface area contributed by atoms with Gasteiger partial charge in [-0.2, -0.15) is 0 Å². The second kappa shape index (κ2) is 10.5. The van der Waals surface area contributed by atoms with Crippen molar-refractivity contribution >= 4 is 17.7 Å². The largest absolute Gasteiger partial charge is 0.392 e. The zero-order valence-electron chi connectivity index (χ0n) is 16.9. The molecule has 0 spiro atoms. The molecule has 0 radical (unpaired) electrons. The maximum absolute atomic E-state index is 12.4. The van der Waals surface area contributed by atoms with E-state index in [-0.39, 0.29) is 12.5 Å². The lowest BCUT2D eigenvalue weighted by molar-refractivity contribution is -0.186. The van der Waals surface area contributed by atoms with E-state index in [1.807, 2.05) is 36.5 Å². The van der Waals surface area contributed by atoms with E-state index in [0.717, 1.165) is 41.1 Å². The molecule has 31 heavy (non-hydrogen) atoms. The van der Waals surface area contributed by atoms with Gasteiger partial charge in [0.25, 0.3) is 5.91 Å². The lowest BCUT2D eigenvalue weighted by atomic mass is 10.2. The Morgan fingerprint density at radius 2 is 2.13 bits per heavy atom. The summed E-state index contributed by atoms with van der Waals surface area (Å²) in [7, 11) is 0. The van der Waals surface area contributed by atoms with Crippen LogP contribution < -0.4 is 5.48 Å². The average Bonchev–Trinajstić information content (AvgIpc) is 3.31. The van der Waals surface area contributed by atoms with Gasteiger partial charge in [-0.05, 0) is 48.7 Å². The normalized spacial score (nSPS) is 16.2. The maximum atomic E-state index is 12.4. The first-order valence-electron chi connectivity index (χ1n) is 10.1. The summed E-state index contributed by atoms with van der Waals surface area (Å²) >= 11 is 1.64. The second-order valence-corrected chi connectivity index (χ2v) is 8.19. The highest BCUT2D eigenvalue weighted by Crippen LogP contribution is 2.22. The molecule has 1 aromatic heterocycles. The summed E-state index contributed by atoms with van der Waals surface area (Å²) < 4.78 is 7.10. The Morgan fingerprint density at radius 1 is 1.26 bits per heavy atom. The molecule has 0 bridgehead atoms. The zero-order chi connectivity index (χ0) is 21.5. The van der Waals surface area contributed by atoms with E-state index in [9.17, 15) is 4.79 Å². The summed E-state index contributed by atoms with van der Waals surface area (Å²) in [6.45, 7) is 0.688. The maximum Gasteiger partial charge on any atom is 0.275 e.